The largest absolute Gasteiger partial charge is 0.493 e. The third kappa shape index (κ3) is 4.11. The van der Waals surface area contributed by atoms with Crippen molar-refractivity contribution < 1.29 is 28.5 Å². The van der Waals surface area contributed by atoms with E-state index < -0.39 is 0 Å². The van der Waals surface area contributed by atoms with E-state index in [2.05, 4.69) is 5.32 Å². The number of fused-ring (bicyclic) bond motifs is 1. The number of nitrogens with one attached hydrogen (secondary N) is 1. The number of nitrogens with zero attached hydrogens (tertiary/aromatic N) is 1. The number of rotatable bonds is 7. The van der Waals surface area contributed by atoms with E-state index in [-0.39, 0.29) is 25.2 Å². The molecule has 0 radical (unpaired) electrons. The SMILES string of the molecule is COc1ccc(C(=O)NCCN(C(C)=O)c2ccc3c(c2)OCO3)cc1OC. The summed E-state index contributed by atoms with van der Waals surface area (Å²) in [4.78, 5) is 26.0. The third-order valence-corrected chi connectivity index (χ3v) is 4.31. The highest BCUT2D eigenvalue weighted by atomic mass is 16.7. The van der Waals surface area contributed by atoms with Crippen molar-refractivity contribution in [2.75, 3.05) is 39.0 Å². The monoisotopic (exact) mass is 386 g/mol. The van der Waals surface area contributed by atoms with Gasteiger partial charge >= 0.3 is 0 Å². The van der Waals surface area contributed by atoms with Gasteiger partial charge in [-0.2, -0.15) is 0 Å². The minimum absolute atomic E-state index is 0.140. The van der Waals surface area contributed by atoms with Gasteiger partial charge < -0.3 is 29.2 Å². The molecule has 3 rings (SSSR count). The molecule has 8 nitrogen and oxygen atoms in total. The van der Waals surface area contributed by atoms with Crippen LogP contribution < -0.4 is 29.2 Å². The van der Waals surface area contributed by atoms with E-state index in [9.17, 15) is 9.59 Å². The lowest BCUT2D eigenvalue weighted by molar-refractivity contribution is -0.116. The molecule has 1 N–H and O–H groups in total. The maximum Gasteiger partial charge on any atom is 0.251 e. The molecule has 0 unspecified atom stereocenters. The number of amides is 2. The van der Waals surface area contributed by atoms with Crippen molar-refractivity contribution in [1.29, 1.82) is 0 Å². The fourth-order valence-corrected chi connectivity index (χ4v) is 2.88. The van der Waals surface area contributed by atoms with Gasteiger partial charge in [-0.15, -0.1) is 0 Å². The molecule has 8 heteroatoms. The molecule has 28 heavy (non-hydrogen) atoms. The summed E-state index contributed by atoms with van der Waals surface area (Å²) in [6.45, 7) is 2.23. The highest BCUT2D eigenvalue weighted by Gasteiger charge is 2.18. The molecule has 0 atom stereocenters. The zero-order chi connectivity index (χ0) is 20.1. The fraction of sp³-hybridized carbons (Fsp3) is 0.300. The number of ether oxygens (including phenoxy) is 4. The molecular formula is C20H22N2O6. The standard InChI is InChI=1S/C20H22N2O6/c1-13(23)22(15-5-7-17-19(11-15)28-12-27-17)9-8-21-20(24)14-4-6-16(25-2)18(10-14)26-3/h4-7,10-11H,8-9,12H2,1-3H3,(H,21,24). The summed E-state index contributed by atoms with van der Waals surface area (Å²) in [7, 11) is 3.04. The van der Waals surface area contributed by atoms with Crippen LogP contribution in [0.2, 0.25) is 0 Å². The summed E-state index contributed by atoms with van der Waals surface area (Å²) in [5.41, 5.74) is 1.12. The summed E-state index contributed by atoms with van der Waals surface area (Å²) in [6, 6.07) is 10.2. The van der Waals surface area contributed by atoms with Crippen molar-refractivity contribution in [2.45, 2.75) is 6.92 Å². The molecule has 148 valence electrons. The van der Waals surface area contributed by atoms with E-state index in [1.54, 1.807) is 41.3 Å². The normalized spacial score (nSPS) is 11.7. The van der Waals surface area contributed by atoms with Crippen LogP contribution in [0.5, 0.6) is 23.0 Å². The highest BCUT2D eigenvalue weighted by molar-refractivity contribution is 5.95. The van der Waals surface area contributed by atoms with Crippen LogP contribution in [0, 0.1) is 0 Å². The molecule has 0 fully saturated rings. The quantitative estimate of drug-likeness (QED) is 0.785. The van der Waals surface area contributed by atoms with Crippen LogP contribution in [0.4, 0.5) is 5.69 Å². The zero-order valence-electron chi connectivity index (χ0n) is 16.0. The highest BCUT2D eigenvalue weighted by Crippen LogP contribution is 2.35. The van der Waals surface area contributed by atoms with Crippen LogP contribution in [0.1, 0.15) is 17.3 Å². The lowest BCUT2D eigenvalue weighted by Gasteiger charge is -2.21. The summed E-state index contributed by atoms with van der Waals surface area (Å²) >= 11 is 0. The van der Waals surface area contributed by atoms with E-state index in [0.717, 1.165) is 0 Å². The smallest absolute Gasteiger partial charge is 0.251 e. The molecule has 1 heterocycles. The first-order valence-electron chi connectivity index (χ1n) is 8.71. The molecule has 1 aliphatic heterocycles. The van der Waals surface area contributed by atoms with Gasteiger partial charge in [-0.1, -0.05) is 0 Å². The first-order valence-corrected chi connectivity index (χ1v) is 8.71. The van der Waals surface area contributed by atoms with Gasteiger partial charge in [0.2, 0.25) is 12.7 Å². The van der Waals surface area contributed by atoms with Gasteiger partial charge in [0.05, 0.1) is 14.2 Å². The zero-order valence-corrected chi connectivity index (χ0v) is 16.0. The van der Waals surface area contributed by atoms with Crippen molar-refractivity contribution in [1.82, 2.24) is 5.32 Å². The van der Waals surface area contributed by atoms with Crippen molar-refractivity contribution in [2.24, 2.45) is 0 Å². The second-order valence-electron chi connectivity index (χ2n) is 6.03. The molecule has 1 aliphatic rings. The molecule has 0 bridgehead atoms. The molecular weight excluding hydrogens is 364 g/mol. The minimum atomic E-state index is -0.268. The Morgan fingerprint density at radius 3 is 2.50 bits per heavy atom. The maximum atomic E-state index is 12.4. The lowest BCUT2D eigenvalue weighted by Crippen LogP contribution is -2.37. The summed E-state index contributed by atoms with van der Waals surface area (Å²) < 4.78 is 21.0. The lowest BCUT2D eigenvalue weighted by atomic mass is 10.2. The molecule has 0 spiro atoms. The number of benzene rings is 2. The van der Waals surface area contributed by atoms with E-state index in [1.807, 2.05) is 0 Å². The molecule has 0 aromatic heterocycles. The Morgan fingerprint density at radius 1 is 1.04 bits per heavy atom. The van der Waals surface area contributed by atoms with Crippen molar-refractivity contribution in [3.05, 3.63) is 42.0 Å². The van der Waals surface area contributed by atoms with Gasteiger partial charge in [0, 0.05) is 37.3 Å². The summed E-state index contributed by atoms with van der Waals surface area (Å²) in [5, 5.41) is 2.81. The Bertz CT molecular complexity index is 883. The Labute approximate surface area is 162 Å². The molecule has 0 saturated heterocycles. The van der Waals surface area contributed by atoms with Crippen LogP contribution in [0.25, 0.3) is 0 Å². The maximum absolute atomic E-state index is 12.4. The molecule has 0 aliphatic carbocycles. The van der Waals surface area contributed by atoms with Crippen molar-refractivity contribution in [3.63, 3.8) is 0 Å². The second kappa shape index (κ2) is 8.51. The average Bonchev–Trinajstić information content (AvgIpc) is 3.18. The van der Waals surface area contributed by atoms with Gasteiger partial charge in [-0.3, -0.25) is 9.59 Å². The number of methoxy groups -OCH3 is 2. The number of carbonyl (C=O) groups excluding carboxylic acids is 2. The van der Waals surface area contributed by atoms with Gasteiger partial charge in [0.25, 0.3) is 5.91 Å². The van der Waals surface area contributed by atoms with Gasteiger partial charge in [-0.05, 0) is 30.3 Å². The first kappa shape index (κ1) is 19.3. The Balaban J connectivity index is 1.63. The average molecular weight is 386 g/mol. The van der Waals surface area contributed by atoms with Crippen LogP contribution in [0.3, 0.4) is 0 Å². The Morgan fingerprint density at radius 2 is 1.79 bits per heavy atom. The van der Waals surface area contributed by atoms with Gasteiger partial charge in [0.1, 0.15) is 0 Å². The van der Waals surface area contributed by atoms with Crippen molar-refractivity contribution >= 4 is 17.5 Å². The van der Waals surface area contributed by atoms with E-state index in [0.29, 0.717) is 40.8 Å². The Kier molecular flexibility index (Phi) is 5.88. The molecule has 2 aromatic carbocycles. The summed E-state index contributed by atoms with van der Waals surface area (Å²) in [5.74, 6) is 1.85. The van der Waals surface area contributed by atoms with Crippen molar-refractivity contribution in [3.8, 4) is 23.0 Å². The number of carbonyl (C=O) groups is 2. The third-order valence-electron chi connectivity index (χ3n) is 4.31. The van der Waals surface area contributed by atoms with Crippen LogP contribution in [-0.4, -0.2) is 45.9 Å². The minimum Gasteiger partial charge on any atom is -0.493 e. The summed E-state index contributed by atoms with van der Waals surface area (Å²) in [6.07, 6.45) is 0. The van der Waals surface area contributed by atoms with E-state index in [4.69, 9.17) is 18.9 Å². The predicted octanol–water partition coefficient (Wildman–Crippen LogP) is 2.22. The van der Waals surface area contributed by atoms with Crippen LogP contribution >= 0.6 is 0 Å². The number of hydrogen-bond acceptors (Lipinski definition) is 6. The van der Waals surface area contributed by atoms with Gasteiger partial charge in [0.15, 0.2) is 23.0 Å². The van der Waals surface area contributed by atoms with E-state index >= 15 is 0 Å². The Hall–Kier alpha value is -3.42. The van der Waals surface area contributed by atoms with Crippen LogP contribution in [-0.2, 0) is 4.79 Å². The number of anilines is 1. The molecule has 0 saturated carbocycles. The van der Waals surface area contributed by atoms with Gasteiger partial charge in [-0.25, -0.2) is 0 Å². The molecule has 2 aromatic rings. The van der Waals surface area contributed by atoms with Crippen LogP contribution in [0.15, 0.2) is 36.4 Å². The fourth-order valence-electron chi connectivity index (χ4n) is 2.88. The predicted molar refractivity (Wildman–Crippen MR) is 102 cm³/mol. The second-order valence-corrected chi connectivity index (χ2v) is 6.03. The first-order chi connectivity index (χ1) is 13.5. The van der Waals surface area contributed by atoms with E-state index in [1.165, 1.54) is 21.1 Å². The topological polar surface area (TPSA) is 86.3 Å². The number of hydrogen-bond donors (Lipinski definition) is 1. The molecule has 2 amide bonds.